The molecule has 1 unspecified atom stereocenters. The lowest BCUT2D eigenvalue weighted by Gasteiger charge is -2.24. The summed E-state index contributed by atoms with van der Waals surface area (Å²) >= 11 is 0. The number of phosphoric ester groups is 1. The summed E-state index contributed by atoms with van der Waals surface area (Å²) in [6, 6.07) is 0. The highest BCUT2D eigenvalue weighted by Crippen LogP contribution is 2.43. The molecule has 272 valence electrons. The molecule has 2 atom stereocenters. The summed E-state index contributed by atoms with van der Waals surface area (Å²) < 4.78 is 34.1. The maximum absolute atomic E-state index is 12.6. The van der Waals surface area contributed by atoms with Gasteiger partial charge in [-0.15, -0.1) is 0 Å². The molecule has 0 radical (unpaired) electrons. The van der Waals surface area contributed by atoms with Gasteiger partial charge in [-0.3, -0.25) is 18.6 Å². The topological polar surface area (TPSA) is 108 Å². The Balaban J connectivity index is 4.48. The molecule has 0 saturated heterocycles. The molecule has 0 bridgehead atoms. The SMILES string of the molecule is CCCCC/C=C\CCCCCCCC(=O)O[C@H](COC(=O)CCCCCCCCCCCC)COP(=O)(O)OCC[N+](C)(C)C. The molecule has 0 spiro atoms. The molecule has 0 heterocycles. The van der Waals surface area contributed by atoms with Crippen LogP contribution in [0.2, 0.25) is 0 Å². The lowest BCUT2D eigenvalue weighted by Crippen LogP contribution is -2.37. The third kappa shape index (κ3) is 32.7. The lowest BCUT2D eigenvalue weighted by atomic mass is 10.1. The molecule has 0 aromatic carbocycles. The van der Waals surface area contributed by atoms with Crippen molar-refractivity contribution in [3.63, 3.8) is 0 Å². The molecular formula is C36H71NO8P+. The Kier molecular flexibility index (Phi) is 29.0. The van der Waals surface area contributed by atoms with Crippen LogP contribution < -0.4 is 0 Å². The molecule has 0 rings (SSSR count). The van der Waals surface area contributed by atoms with Crippen molar-refractivity contribution in [2.45, 2.75) is 161 Å². The average Bonchev–Trinajstić information content (AvgIpc) is 2.99. The Bertz CT molecular complexity index is 814. The van der Waals surface area contributed by atoms with Gasteiger partial charge in [-0.05, 0) is 38.5 Å². The van der Waals surface area contributed by atoms with Gasteiger partial charge in [0.25, 0.3) is 0 Å². The predicted molar refractivity (Wildman–Crippen MR) is 188 cm³/mol. The average molecular weight is 677 g/mol. The van der Waals surface area contributed by atoms with Crippen LogP contribution in [-0.2, 0) is 32.7 Å². The molecule has 0 aliphatic carbocycles. The highest BCUT2D eigenvalue weighted by molar-refractivity contribution is 7.47. The van der Waals surface area contributed by atoms with E-state index >= 15 is 0 Å². The number of hydrogen-bond acceptors (Lipinski definition) is 7. The quantitative estimate of drug-likeness (QED) is 0.0241. The number of quaternary nitrogens is 1. The van der Waals surface area contributed by atoms with Crippen LogP contribution in [-0.4, -0.2) is 74.9 Å². The van der Waals surface area contributed by atoms with E-state index in [0.29, 0.717) is 23.9 Å². The fraction of sp³-hybridized carbons (Fsp3) is 0.889. The van der Waals surface area contributed by atoms with Gasteiger partial charge in [0.2, 0.25) is 0 Å². The zero-order valence-corrected chi connectivity index (χ0v) is 31.2. The Labute approximate surface area is 282 Å². The molecular weight excluding hydrogens is 605 g/mol. The third-order valence-corrected chi connectivity index (χ3v) is 8.78. The van der Waals surface area contributed by atoms with E-state index in [2.05, 4.69) is 26.0 Å². The number of phosphoric acid groups is 1. The van der Waals surface area contributed by atoms with Gasteiger partial charge in [-0.25, -0.2) is 4.57 Å². The number of likely N-dealkylation sites (N-methyl/N-ethyl adjacent to an activating group) is 1. The van der Waals surface area contributed by atoms with Crippen LogP contribution in [0.3, 0.4) is 0 Å². The molecule has 9 nitrogen and oxygen atoms in total. The molecule has 0 aliphatic rings. The van der Waals surface area contributed by atoms with Crippen molar-refractivity contribution >= 4 is 19.8 Å². The van der Waals surface area contributed by atoms with Crippen LogP contribution in [0.25, 0.3) is 0 Å². The van der Waals surface area contributed by atoms with Crippen molar-refractivity contribution in [3.05, 3.63) is 12.2 Å². The van der Waals surface area contributed by atoms with Crippen molar-refractivity contribution in [2.24, 2.45) is 0 Å². The summed E-state index contributed by atoms with van der Waals surface area (Å²) in [5, 5.41) is 0. The summed E-state index contributed by atoms with van der Waals surface area (Å²) in [4.78, 5) is 35.0. The second-order valence-electron chi connectivity index (χ2n) is 13.6. The van der Waals surface area contributed by atoms with Crippen LogP contribution in [0.15, 0.2) is 12.2 Å². The Morgan fingerprint density at radius 1 is 0.652 bits per heavy atom. The fourth-order valence-electron chi connectivity index (χ4n) is 4.83. The second kappa shape index (κ2) is 29.9. The first-order valence-corrected chi connectivity index (χ1v) is 19.9. The van der Waals surface area contributed by atoms with Crippen molar-refractivity contribution in [3.8, 4) is 0 Å². The largest absolute Gasteiger partial charge is 0.472 e. The number of carbonyl (C=O) groups excluding carboxylic acids is 2. The van der Waals surface area contributed by atoms with E-state index in [9.17, 15) is 19.0 Å². The maximum atomic E-state index is 12.6. The van der Waals surface area contributed by atoms with Crippen molar-refractivity contribution in [2.75, 3.05) is 47.5 Å². The van der Waals surface area contributed by atoms with Gasteiger partial charge in [0.05, 0.1) is 27.7 Å². The number of ether oxygens (including phenoxy) is 2. The van der Waals surface area contributed by atoms with Crippen LogP contribution in [0.5, 0.6) is 0 Å². The van der Waals surface area contributed by atoms with E-state index in [0.717, 1.165) is 51.4 Å². The molecule has 0 aromatic heterocycles. The van der Waals surface area contributed by atoms with Gasteiger partial charge >= 0.3 is 19.8 Å². The summed E-state index contributed by atoms with van der Waals surface area (Å²) in [6.07, 6.45) is 26.9. The number of esters is 2. The normalized spacial score (nSPS) is 14.0. The fourth-order valence-corrected chi connectivity index (χ4v) is 5.57. The monoisotopic (exact) mass is 676 g/mol. The van der Waals surface area contributed by atoms with E-state index in [-0.39, 0.29) is 25.6 Å². The molecule has 0 fully saturated rings. The van der Waals surface area contributed by atoms with Crippen molar-refractivity contribution in [1.82, 2.24) is 0 Å². The summed E-state index contributed by atoms with van der Waals surface area (Å²) in [7, 11) is 1.47. The van der Waals surface area contributed by atoms with Crippen LogP contribution in [0.1, 0.15) is 155 Å². The zero-order valence-electron chi connectivity index (χ0n) is 30.3. The highest BCUT2D eigenvalue weighted by atomic mass is 31.2. The smallest absolute Gasteiger partial charge is 0.462 e. The van der Waals surface area contributed by atoms with Crippen LogP contribution >= 0.6 is 7.82 Å². The molecule has 0 saturated carbocycles. The van der Waals surface area contributed by atoms with Gasteiger partial charge in [0.1, 0.15) is 19.8 Å². The first-order valence-electron chi connectivity index (χ1n) is 18.4. The minimum atomic E-state index is -4.36. The number of unbranched alkanes of at least 4 members (excludes halogenated alkanes) is 17. The molecule has 0 aromatic rings. The highest BCUT2D eigenvalue weighted by Gasteiger charge is 2.27. The van der Waals surface area contributed by atoms with Crippen LogP contribution in [0.4, 0.5) is 0 Å². The first-order chi connectivity index (χ1) is 22.0. The Morgan fingerprint density at radius 3 is 1.65 bits per heavy atom. The summed E-state index contributed by atoms with van der Waals surface area (Å²) in [5.74, 6) is -0.809. The van der Waals surface area contributed by atoms with Crippen molar-refractivity contribution in [1.29, 1.82) is 0 Å². The van der Waals surface area contributed by atoms with E-state index in [4.69, 9.17) is 18.5 Å². The lowest BCUT2D eigenvalue weighted by molar-refractivity contribution is -0.870. The van der Waals surface area contributed by atoms with E-state index in [1.807, 2.05) is 21.1 Å². The van der Waals surface area contributed by atoms with Gasteiger partial charge in [-0.2, -0.15) is 0 Å². The van der Waals surface area contributed by atoms with Gasteiger partial charge in [0.15, 0.2) is 6.10 Å². The van der Waals surface area contributed by atoms with Gasteiger partial charge in [-0.1, -0.05) is 116 Å². The maximum Gasteiger partial charge on any atom is 0.472 e. The molecule has 46 heavy (non-hydrogen) atoms. The number of allylic oxidation sites excluding steroid dienone is 2. The molecule has 10 heteroatoms. The van der Waals surface area contributed by atoms with Gasteiger partial charge < -0.3 is 18.9 Å². The van der Waals surface area contributed by atoms with Crippen LogP contribution in [0, 0.1) is 0 Å². The zero-order chi connectivity index (χ0) is 34.4. The number of rotatable bonds is 33. The van der Waals surface area contributed by atoms with E-state index in [1.165, 1.54) is 70.6 Å². The van der Waals surface area contributed by atoms with E-state index < -0.39 is 26.5 Å². The van der Waals surface area contributed by atoms with Crippen molar-refractivity contribution < 1.29 is 42.1 Å². The standard InChI is InChI=1S/C36H70NO8P/c1-6-8-10-12-14-16-18-19-21-23-25-27-29-36(39)45-34(33-44-46(40,41)43-31-30-37(3,4)5)32-42-35(38)28-26-24-22-20-17-15-13-11-9-7-2/h14,16,34H,6-13,15,17-33H2,1-5H3/p+1/b16-14-/t34-/m1/s1. The Morgan fingerprint density at radius 2 is 1.11 bits per heavy atom. The third-order valence-electron chi connectivity index (χ3n) is 7.80. The number of hydrogen-bond donors (Lipinski definition) is 1. The summed E-state index contributed by atoms with van der Waals surface area (Å²) in [5.41, 5.74) is 0. The minimum absolute atomic E-state index is 0.0326. The number of nitrogens with zero attached hydrogens (tertiary/aromatic N) is 1. The molecule has 0 amide bonds. The molecule has 0 aliphatic heterocycles. The minimum Gasteiger partial charge on any atom is -0.462 e. The second-order valence-corrected chi connectivity index (χ2v) is 15.1. The Hall–Kier alpha value is -1.25. The molecule has 1 N–H and O–H groups in total. The van der Waals surface area contributed by atoms with E-state index in [1.54, 1.807) is 0 Å². The number of carbonyl (C=O) groups is 2. The summed E-state index contributed by atoms with van der Waals surface area (Å²) in [6.45, 7) is 4.36. The first kappa shape index (κ1) is 44.8. The van der Waals surface area contributed by atoms with Gasteiger partial charge in [0, 0.05) is 12.8 Å². The predicted octanol–water partition coefficient (Wildman–Crippen LogP) is 9.46.